The van der Waals surface area contributed by atoms with Gasteiger partial charge in [0, 0.05) is 0 Å². The Morgan fingerprint density at radius 3 is 2.47 bits per heavy atom. The second-order valence-corrected chi connectivity index (χ2v) is 3.87. The first-order valence-electron chi connectivity index (χ1n) is 4.69. The summed E-state index contributed by atoms with van der Waals surface area (Å²) in [5.74, 6) is -0.213. The Morgan fingerprint density at radius 2 is 2.00 bits per heavy atom. The van der Waals surface area contributed by atoms with Gasteiger partial charge in [-0.2, -0.15) is 13.2 Å². The van der Waals surface area contributed by atoms with Crippen LogP contribution in [0.4, 0.5) is 13.2 Å². The van der Waals surface area contributed by atoms with Gasteiger partial charge in [-0.25, -0.2) is 0 Å². The van der Waals surface area contributed by atoms with Gasteiger partial charge in [0.05, 0.1) is 10.6 Å². The van der Waals surface area contributed by atoms with Crippen LogP contribution in [0, 0.1) is 0 Å². The summed E-state index contributed by atoms with van der Waals surface area (Å²) in [5.41, 5.74) is 4.47. The number of ether oxygens (including phenoxy) is 1. The van der Waals surface area contributed by atoms with E-state index >= 15 is 0 Å². The van der Waals surface area contributed by atoms with Crippen LogP contribution in [0.3, 0.4) is 0 Å². The highest BCUT2D eigenvalue weighted by atomic mass is 35.5. The maximum atomic E-state index is 12.4. The summed E-state index contributed by atoms with van der Waals surface area (Å²) in [6.45, 7) is 1.35. The molecule has 1 rings (SSSR count). The largest absolute Gasteiger partial charge is 0.471 e. The smallest absolute Gasteiger partial charge is 0.416 e. The molecule has 0 saturated carbocycles. The third-order valence-electron chi connectivity index (χ3n) is 2.00. The van der Waals surface area contributed by atoms with Crippen LogP contribution in [0.25, 0.3) is 0 Å². The summed E-state index contributed by atoms with van der Waals surface area (Å²) in [4.78, 5) is 0. The number of hydrogen-bond acceptors (Lipinski definition) is 3. The van der Waals surface area contributed by atoms with Gasteiger partial charge < -0.3 is 9.84 Å². The van der Waals surface area contributed by atoms with E-state index in [-0.39, 0.29) is 10.8 Å². The van der Waals surface area contributed by atoms with Crippen LogP contribution in [0.5, 0.6) is 5.75 Å². The summed E-state index contributed by atoms with van der Waals surface area (Å²) in [6.07, 6.45) is -6.66. The molecular formula is C10H11ClF3NO2. The third-order valence-corrected chi connectivity index (χ3v) is 2.31. The molecule has 0 amide bonds. The van der Waals surface area contributed by atoms with Crippen LogP contribution in [0.15, 0.2) is 18.2 Å². The number of hydrogen-bond donors (Lipinski definition) is 2. The van der Waals surface area contributed by atoms with E-state index in [1.807, 2.05) is 0 Å². The molecule has 0 aromatic heterocycles. The van der Waals surface area contributed by atoms with Crippen molar-refractivity contribution in [2.24, 2.45) is 5.73 Å². The first kappa shape index (κ1) is 14.1. The highest BCUT2D eigenvalue weighted by Gasteiger charge is 2.31. The topological polar surface area (TPSA) is 55.5 Å². The van der Waals surface area contributed by atoms with Crippen LogP contribution in [-0.2, 0) is 6.18 Å². The number of benzene rings is 1. The lowest BCUT2D eigenvalue weighted by molar-refractivity contribution is -0.137. The minimum Gasteiger partial charge on any atom is -0.471 e. The van der Waals surface area contributed by atoms with Crippen molar-refractivity contribution in [2.75, 3.05) is 0 Å². The van der Waals surface area contributed by atoms with Crippen molar-refractivity contribution < 1.29 is 23.0 Å². The first-order chi connectivity index (χ1) is 7.71. The summed E-state index contributed by atoms with van der Waals surface area (Å²) in [5, 5.41) is 9.08. The van der Waals surface area contributed by atoms with E-state index in [0.717, 1.165) is 18.2 Å². The predicted octanol–water partition coefficient (Wildman–Crippen LogP) is 2.40. The van der Waals surface area contributed by atoms with Crippen LogP contribution in [-0.4, -0.2) is 17.4 Å². The van der Waals surface area contributed by atoms with Gasteiger partial charge in [0.2, 0.25) is 0 Å². The summed E-state index contributed by atoms with van der Waals surface area (Å²) >= 11 is 5.67. The molecular weight excluding hydrogens is 259 g/mol. The zero-order valence-corrected chi connectivity index (χ0v) is 9.59. The van der Waals surface area contributed by atoms with Crippen molar-refractivity contribution in [3.05, 3.63) is 28.8 Å². The monoisotopic (exact) mass is 269 g/mol. The fraction of sp³-hybridized carbons (Fsp3) is 0.400. The average molecular weight is 270 g/mol. The molecule has 17 heavy (non-hydrogen) atoms. The van der Waals surface area contributed by atoms with Gasteiger partial charge >= 0.3 is 6.18 Å². The third kappa shape index (κ3) is 3.76. The molecule has 3 nitrogen and oxygen atoms in total. The summed E-state index contributed by atoms with van der Waals surface area (Å²) in [7, 11) is 0. The standard InChI is InChI=1S/C10H11ClF3NO2/c1-5(16)9(15)17-8-4-6(10(12,13)14)2-3-7(8)11/h2-5,9,16H,15H2,1H3. The molecule has 1 aromatic rings. The van der Waals surface area contributed by atoms with E-state index < -0.39 is 24.1 Å². The first-order valence-corrected chi connectivity index (χ1v) is 5.06. The van der Waals surface area contributed by atoms with Crippen LogP contribution in [0.1, 0.15) is 12.5 Å². The van der Waals surface area contributed by atoms with Gasteiger partial charge in [0.15, 0.2) is 6.23 Å². The molecule has 7 heteroatoms. The van der Waals surface area contributed by atoms with E-state index in [1.165, 1.54) is 6.92 Å². The zero-order valence-electron chi connectivity index (χ0n) is 8.83. The molecule has 0 heterocycles. The maximum Gasteiger partial charge on any atom is 0.416 e. The molecule has 3 N–H and O–H groups in total. The Bertz CT molecular complexity index is 396. The van der Waals surface area contributed by atoms with Crippen molar-refractivity contribution in [3.8, 4) is 5.75 Å². The zero-order chi connectivity index (χ0) is 13.2. The Balaban J connectivity index is 2.99. The van der Waals surface area contributed by atoms with E-state index in [9.17, 15) is 13.2 Å². The van der Waals surface area contributed by atoms with Crippen LogP contribution in [0.2, 0.25) is 5.02 Å². The minimum atomic E-state index is -4.49. The number of halogens is 4. The van der Waals surface area contributed by atoms with E-state index in [1.54, 1.807) is 0 Å². The molecule has 0 aliphatic heterocycles. The predicted molar refractivity (Wildman–Crippen MR) is 56.7 cm³/mol. The fourth-order valence-corrected chi connectivity index (χ4v) is 1.18. The lowest BCUT2D eigenvalue weighted by atomic mass is 10.2. The Hall–Kier alpha value is -0.980. The molecule has 96 valence electrons. The maximum absolute atomic E-state index is 12.4. The molecule has 0 aliphatic carbocycles. The van der Waals surface area contributed by atoms with Crippen molar-refractivity contribution in [2.45, 2.75) is 25.4 Å². The van der Waals surface area contributed by atoms with Gasteiger partial charge in [-0.15, -0.1) is 0 Å². The molecule has 2 atom stereocenters. The molecule has 1 aromatic carbocycles. The van der Waals surface area contributed by atoms with Crippen molar-refractivity contribution in [1.29, 1.82) is 0 Å². The van der Waals surface area contributed by atoms with E-state index in [0.29, 0.717) is 0 Å². The Kier molecular flexibility index (Phi) is 4.24. The highest BCUT2D eigenvalue weighted by molar-refractivity contribution is 6.32. The second-order valence-electron chi connectivity index (χ2n) is 3.47. The van der Waals surface area contributed by atoms with Crippen molar-refractivity contribution in [1.82, 2.24) is 0 Å². The van der Waals surface area contributed by atoms with Gasteiger partial charge in [-0.1, -0.05) is 11.6 Å². The molecule has 2 unspecified atom stereocenters. The van der Waals surface area contributed by atoms with Gasteiger partial charge in [-0.3, -0.25) is 5.73 Å². The number of nitrogens with two attached hydrogens (primary N) is 1. The second kappa shape index (κ2) is 5.12. The molecule has 0 bridgehead atoms. The Morgan fingerprint density at radius 1 is 1.41 bits per heavy atom. The lowest BCUT2D eigenvalue weighted by Gasteiger charge is -2.18. The fourth-order valence-electron chi connectivity index (χ4n) is 1.02. The SMILES string of the molecule is CC(O)C(N)Oc1cc(C(F)(F)F)ccc1Cl. The van der Waals surface area contributed by atoms with Crippen molar-refractivity contribution >= 4 is 11.6 Å². The highest BCUT2D eigenvalue weighted by Crippen LogP contribution is 2.35. The van der Waals surface area contributed by atoms with E-state index in [2.05, 4.69) is 0 Å². The molecule has 0 radical (unpaired) electrons. The average Bonchev–Trinajstić information content (AvgIpc) is 2.19. The van der Waals surface area contributed by atoms with E-state index in [4.69, 9.17) is 27.2 Å². The molecule has 0 fully saturated rings. The normalized spacial score (nSPS) is 15.5. The number of alkyl halides is 3. The number of aliphatic hydroxyl groups is 1. The molecule has 0 saturated heterocycles. The summed E-state index contributed by atoms with van der Waals surface area (Å²) < 4.78 is 42.2. The van der Waals surface area contributed by atoms with Gasteiger partial charge in [-0.05, 0) is 25.1 Å². The lowest BCUT2D eigenvalue weighted by Crippen LogP contribution is -2.38. The summed E-state index contributed by atoms with van der Waals surface area (Å²) in [6, 6.07) is 2.64. The molecule has 0 aliphatic rings. The van der Waals surface area contributed by atoms with Gasteiger partial charge in [0.1, 0.15) is 11.9 Å². The minimum absolute atomic E-state index is 0.00546. The van der Waals surface area contributed by atoms with Gasteiger partial charge in [0.25, 0.3) is 0 Å². The van der Waals surface area contributed by atoms with Crippen LogP contribution >= 0.6 is 11.6 Å². The quantitative estimate of drug-likeness (QED) is 0.829. The van der Waals surface area contributed by atoms with Crippen molar-refractivity contribution in [3.63, 3.8) is 0 Å². The van der Waals surface area contributed by atoms with Crippen LogP contribution < -0.4 is 10.5 Å². The number of rotatable bonds is 3. The Labute approximate surface area is 101 Å². The molecule has 0 spiro atoms. The number of aliphatic hydroxyl groups excluding tert-OH is 1.